The van der Waals surface area contributed by atoms with Gasteiger partial charge in [0.2, 0.25) is 0 Å². The SMILES string of the molecule is CC[C@H]1CCc2sc(C(=O)OCC(=O)N[C@@](C)(C#N)C(C)C)cc2C1. The molecular weight excluding hydrogens is 336 g/mol. The molecular formula is C19H26N2O3S. The Bertz CT molecular complexity index is 689. The number of aryl methyl sites for hydroxylation is 1. The van der Waals surface area contributed by atoms with Gasteiger partial charge in [0.1, 0.15) is 10.4 Å². The molecule has 0 saturated carbocycles. The Morgan fingerprint density at radius 3 is 2.84 bits per heavy atom. The topological polar surface area (TPSA) is 79.2 Å². The second kappa shape index (κ2) is 8.01. The number of amides is 1. The van der Waals surface area contributed by atoms with Gasteiger partial charge >= 0.3 is 5.97 Å². The first-order valence-corrected chi connectivity index (χ1v) is 9.61. The van der Waals surface area contributed by atoms with Gasteiger partial charge in [0.15, 0.2) is 6.61 Å². The molecule has 0 radical (unpaired) electrons. The van der Waals surface area contributed by atoms with Crippen molar-refractivity contribution in [1.29, 1.82) is 5.26 Å². The minimum Gasteiger partial charge on any atom is -0.451 e. The average Bonchev–Trinajstić information content (AvgIpc) is 3.02. The summed E-state index contributed by atoms with van der Waals surface area (Å²) in [6.07, 6.45) is 4.36. The fraction of sp³-hybridized carbons (Fsp3) is 0.632. The third-order valence-corrected chi connectivity index (χ3v) is 6.30. The highest BCUT2D eigenvalue weighted by atomic mass is 32.1. The van der Waals surface area contributed by atoms with Crippen LogP contribution in [0, 0.1) is 23.2 Å². The minimum atomic E-state index is -0.972. The van der Waals surface area contributed by atoms with Crippen LogP contribution in [0.4, 0.5) is 0 Å². The van der Waals surface area contributed by atoms with Crippen molar-refractivity contribution >= 4 is 23.2 Å². The molecule has 1 heterocycles. The highest BCUT2D eigenvalue weighted by Gasteiger charge is 2.30. The van der Waals surface area contributed by atoms with Crippen LogP contribution in [0.3, 0.4) is 0 Å². The first kappa shape index (κ1) is 19.5. The monoisotopic (exact) mass is 362 g/mol. The Balaban J connectivity index is 1.92. The number of nitrogens with one attached hydrogen (secondary N) is 1. The van der Waals surface area contributed by atoms with Crippen LogP contribution in [0.5, 0.6) is 0 Å². The predicted molar refractivity (Wildman–Crippen MR) is 97.4 cm³/mol. The van der Waals surface area contributed by atoms with Gasteiger partial charge in [-0.2, -0.15) is 5.26 Å². The van der Waals surface area contributed by atoms with E-state index in [4.69, 9.17) is 4.74 Å². The summed E-state index contributed by atoms with van der Waals surface area (Å²) in [6.45, 7) is 7.20. The number of rotatable bonds is 6. The summed E-state index contributed by atoms with van der Waals surface area (Å²) in [5, 5.41) is 11.9. The summed E-state index contributed by atoms with van der Waals surface area (Å²) in [6, 6.07) is 4.01. The Kier molecular flexibility index (Phi) is 6.23. The van der Waals surface area contributed by atoms with Gasteiger partial charge in [-0.05, 0) is 49.7 Å². The zero-order chi connectivity index (χ0) is 18.6. The lowest BCUT2D eigenvalue weighted by Gasteiger charge is -2.27. The number of ether oxygens (including phenoxy) is 1. The van der Waals surface area contributed by atoms with Crippen LogP contribution >= 0.6 is 11.3 Å². The molecule has 1 aliphatic carbocycles. The molecule has 5 nitrogen and oxygen atoms in total. The molecule has 2 rings (SSSR count). The summed E-state index contributed by atoms with van der Waals surface area (Å²) in [4.78, 5) is 26.0. The van der Waals surface area contributed by atoms with Crippen LogP contribution in [0.15, 0.2) is 6.07 Å². The van der Waals surface area contributed by atoms with Crippen LogP contribution in [0.2, 0.25) is 0 Å². The summed E-state index contributed by atoms with van der Waals surface area (Å²) in [5.41, 5.74) is 0.275. The van der Waals surface area contributed by atoms with E-state index in [1.165, 1.54) is 28.2 Å². The number of thiophene rings is 1. The van der Waals surface area contributed by atoms with E-state index < -0.39 is 17.4 Å². The Morgan fingerprint density at radius 2 is 2.24 bits per heavy atom. The highest BCUT2D eigenvalue weighted by Crippen LogP contribution is 2.33. The van der Waals surface area contributed by atoms with Crippen LogP contribution in [-0.2, 0) is 22.4 Å². The number of esters is 1. The molecule has 25 heavy (non-hydrogen) atoms. The molecule has 0 unspecified atom stereocenters. The van der Waals surface area contributed by atoms with Crippen molar-refractivity contribution in [2.75, 3.05) is 6.61 Å². The van der Waals surface area contributed by atoms with Crippen LogP contribution in [-0.4, -0.2) is 24.0 Å². The lowest BCUT2D eigenvalue weighted by Crippen LogP contribution is -2.50. The zero-order valence-corrected chi connectivity index (χ0v) is 16.2. The maximum atomic E-state index is 12.2. The molecule has 0 bridgehead atoms. The van der Waals surface area contributed by atoms with Crippen molar-refractivity contribution in [3.63, 3.8) is 0 Å². The summed E-state index contributed by atoms with van der Waals surface area (Å²) >= 11 is 1.47. The highest BCUT2D eigenvalue weighted by molar-refractivity contribution is 7.14. The Hall–Kier alpha value is -1.87. The van der Waals surface area contributed by atoms with Gasteiger partial charge in [-0.25, -0.2) is 4.79 Å². The molecule has 6 heteroatoms. The van der Waals surface area contributed by atoms with Gasteiger partial charge in [-0.15, -0.1) is 11.3 Å². The van der Waals surface area contributed by atoms with Gasteiger partial charge in [-0.3, -0.25) is 4.79 Å². The second-order valence-electron chi connectivity index (χ2n) is 7.17. The van der Waals surface area contributed by atoms with E-state index in [2.05, 4.69) is 18.3 Å². The number of fused-ring (bicyclic) bond motifs is 1. The second-order valence-corrected chi connectivity index (χ2v) is 8.31. The molecule has 1 N–H and O–H groups in total. The Morgan fingerprint density at radius 1 is 1.52 bits per heavy atom. The fourth-order valence-corrected chi connectivity index (χ4v) is 3.98. The van der Waals surface area contributed by atoms with Crippen molar-refractivity contribution < 1.29 is 14.3 Å². The summed E-state index contributed by atoms with van der Waals surface area (Å²) in [7, 11) is 0. The number of carbonyl (C=O) groups is 2. The molecule has 1 aromatic rings. The molecule has 2 atom stereocenters. The first-order valence-electron chi connectivity index (χ1n) is 8.80. The van der Waals surface area contributed by atoms with Crippen molar-refractivity contribution in [1.82, 2.24) is 5.32 Å². The average molecular weight is 362 g/mol. The molecule has 1 aromatic heterocycles. The van der Waals surface area contributed by atoms with Gasteiger partial charge in [0.05, 0.1) is 6.07 Å². The normalized spacial score (nSPS) is 18.8. The summed E-state index contributed by atoms with van der Waals surface area (Å²) < 4.78 is 5.14. The molecule has 1 aliphatic rings. The fourth-order valence-electron chi connectivity index (χ4n) is 2.88. The molecule has 0 spiro atoms. The standard InChI is InChI=1S/C19H26N2O3S/c1-5-13-6-7-15-14(8-13)9-16(25-15)18(23)24-10-17(22)21-19(4,11-20)12(2)3/h9,12-13H,5-8,10H2,1-4H3,(H,21,22)/t13-,19-/m0/s1. The molecule has 136 valence electrons. The smallest absolute Gasteiger partial charge is 0.348 e. The third-order valence-electron chi connectivity index (χ3n) is 5.08. The number of nitrogens with zero attached hydrogens (tertiary/aromatic N) is 1. The largest absolute Gasteiger partial charge is 0.451 e. The first-order chi connectivity index (χ1) is 11.8. The maximum Gasteiger partial charge on any atom is 0.348 e. The van der Waals surface area contributed by atoms with Crippen molar-refractivity contribution in [2.45, 2.75) is 58.9 Å². The van der Waals surface area contributed by atoms with Crippen molar-refractivity contribution in [3.8, 4) is 6.07 Å². The number of carbonyl (C=O) groups excluding carboxylic acids is 2. The zero-order valence-electron chi connectivity index (χ0n) is 15.3. The lowest BCUT2D eigenvalue weighted by molar-refractivity contribution is -0.125. The molecule has 0 aromatic carbocycles. The number of nitriles is 1. The predicted octanol–water partition coefficient (Wildman–Crippen LogP) is 3.47. The van der Waals surface area contributed by atoms with E-state index in [0.29, 0.717) is 10.8 Å². The van der Waals surface area contributed by atoms with E-state index in [1.807, 2.05) is 19.9 Å². The van der Waals surface area contributed by atoms with E-state index >= 15 is 0 Å². The number of hydrogen-bond acceptors (Lipinski definition) is 5. The van der Waals surface area contributed by atoms with Crippen LogP contribution in [0.25, 0.3) is 0 Å². The lowest BCUT2D eigenvalue weighted by atomic mass is 9.87. The quantitative estimate of drug-likeness (QED) is 0.786. The maximum absolute atomic E-state index is 12.2. The summed E-state index contributed by atoms with van der Waals surface area (Å²) in [5.74, 6) is -0.284. The van der Waals surface area contributed by atoms with Crippen molar-refractivity contribution in [2.24, 2.45) is 11.8 Å². The van der Waals surface area contributed by atoms with Crippen LogP contribution in [0.1, 0.15) is 60.6 Å². The van der Waals surface area contributed by atoms with Gasteiger partial charge in [0.25, 0.3) is 5.91 Å². The van der Waals surface area contributed by atoms with Crippen molar-refractivity contribution in [3.05, 3.63) is 21.4 Å². The van der Waals surface area contributed by atoms with Crippen LogP contribution < -0.4 is 5.32 Å². The molecule has 1 amide bonds. The van der Waals surface area contributed by atoms with E-state index in [-0.39, 0.29) is 12.5 Å². The van der Waals surface area contributed by atoms with E-state index in [1.54, 1.807) is 6.92 Å². The third kappa shape index (κ3) is 4.60. The van der Waals surface area contributed by atoms with Gasteiger partial charge in [-0.1, -0.05) is 27.2 Å². The molecule has 0 saturated heterocycles. The molecule has 0 fully saturated rings. The van der Waals surface area contributed by atoms with E-state index in [9.17, 15) is 14.9 Å². The van der Waals surface area contributed by atoms with Gasteiger partial charge in [0, 0.05) is 4.88 Å². The Labute approximate surface area is 153 Å². The number of hydrogen-bond donors (Lipinski definition) is 1. The van der Waals surface area contributed by atoms with E-state index in [0.717, 1.165) is 19.3 Å². The molecule has 0 aliphatic heterocycles. The minimum absolute atomic E-state index is 0.0484. The van der Waals surface area contributed by atoms with Gasteiger partial charge < -0.3 is 10.1 Å².